The van der Waals surface area contributed by atoms with Gasteiger partial charge in [-0.05, 0) is 0 Å². The van der Waals surface area contributed by atoms with E-state index in [0.29, 0.717) is 0 Å². The van der Waals surface area contributed by atoms with E-state index in [0.717, 1.165) is 0 Å². The Labute approximate surface area is 87.7 Å². The summed E-state index contributed by atoms with van der Waals surface area (Å²) in [6, 6.07) is 0. The zero-order chi connectivity index (χ0) is 12.9. The Morgan fingerprint density at radius 2 is 1.81 bits per heavy atom. The molecule has 0 rings (SSSR count). The highest BCUT2D eigenvalue weighted by atomic mass is 19.4. The van der Waals surface area contributed by atoms with Gasteiger partial charge in [0.15, 0.2) is 0 Å². The van der Waals surface area contributed by atoms with Gasteiger partial charge in [-0.25, -0.2) is 4.99 Å². The number of aliphatic hydroxyl groups excluding tert-OH is 4. The lowest BCUT2D eigenvalue weighted by molar-refractivity contribution is -0.169. The standard InChI is InChI=1S/C7H10F3NO5/c8-7(9,10)6(16)11-1-3(13)5(15)4(14)2-12/h1,3-5,12-15H,2H2/t3-,4-,5+/m1/s1. The first kappa shape index (κ1) is 15.0. The minimum Gasteiger partial charge on any atom is -0.394 e. The number of hydrogen-bond donors (Lipinski definition) is 4. The number of rotatable bonds is 4. The van der Waals surface area contributed by atoms with Crippen LogP contribution >= 0.6 is 0 Å². The highest BCUT2D eigenvalue weighted by Crippen LogP contribution is 2.16. The molecular formula is C7H10F3NO5. The van der Waals surface area contributed by atoms with Crippen LogP contribution in [0, 0.1) is 0 Å². The first-order valence-electron chi connectivity index (χ1n) is 4.00. The summed E-state index contributed by atoms with van der Waals surface area (Å²) in [6.07, 6.45) is -10.7. The smallest absolute Gasteiger partial charge is 0.394 e. The first-order chi connectivity index (χ1) is 7.20. The van der Waals surface area contributed by atoms with Crippen LogP contribution in [0.4, 0.5) is 13.2 Å². The molecule has 0 unspecified atom stereocenters. The molecule has 94 valence electrons. The monoisotopic (exact) mass is 245 g/mol. The third-order valence-corrected chi connectivity index (χ3v) is 1.52. The third-order valence-electron chi connectivity index (χ3n) is 1.52. The predicted molar refractivity (Wildman–Crippen MR) is 44.7 cm³/mol. The Kier molecular flexibility index (Phi) is 5.51. The fraction of sp³-hybridized carbons (Fsp3) is 0.714. The Hall–Kier alpha value is -1.03. The summed E-state index contributed by atoms with van der Waals surface area (Å²) < 4.78 is 34.9. The Balaban J connectivity index is 4.40. The van der Waals surface area contributed by atoms with Crippen LogP contribution in [0.15, 0.2) is 4.99 Å². The third kappa shape index (κ3) is 4.66. The molecule has 0 saturated heterocycles. The molecule has 16 heavy (non-hydrogen) atoms. The summed E-state index contributed by atoms with van der Waals surface area (Å²) in [5.41, 5.74) is 0. The zero-order valence-corrected chi connectivity index (χ0v) is 7.79. The molecule has 0 spiro atoms. The molecule has 0 fully saturated rings. The molecule has 6 nitrogen and oxygen atoms in total. The summed E-state index contributed by atoms with van der Waals surface area (Å²) in [4.78, 5) is 12.5. The van der Waals surface area contributed by atoms with Gasteiger partial charge in [-0.2, -0.15) is 13.2 Å². The van der Waals surface area contributed by atoms with E-state index in [1.54, 1.807) is 0 Å². The van der Waals surface area contributed by atoms with E-state index in [1.807, 2.05) is 0 Å². The number of carbonyl (C=O) groups excluding carboxylic acids is 1. The average molecular weight is 245 g/mol. The number of alkyl halides is 3. The number of hydrogen-bond acceptors (Lipinski definition) is 5. The van der Waals surface area contributed by atoms with Gasteiger partial charge < -0.3 is 20.4 Å². The highest BCUT2D eigenvalue weighted by molar-refractivity contribution is 5.90. The van der Waals surface area contributed by atoms with E-state index in [2.05, 4.69) is 4.99 Å². The highest BCUT2D eigenvalue weighted by Gasteiger charge is 2.38. The van der Waals surface area contributed by atoms with Crippen molar-refractivity contribution in [2.45, 2.75) is 24.5 Å². The van der Waals surface area contributed by atoms with E-state index in [4.69, 9.17) is 20.4 Å². The minimum absolute atomic E-state index is 0.138. The second kappa shape index (κ2) is 5.89. The number of amides is 1. The van der Waals surface area contributed by atoms with Crippen molar-refractivity contribution in [3.8, 4) is 0 Å². The van der Waals surface area contributed by atoms with Crippen molar-refractivity contribution in [1.29, 1.82) is 0 Å². The summed E-state index contributed by atoms with van der Waals surface area (Å²) in [5, 5.41) is 35.0. The van der Waals surface area contributed by atoms with Crippen LogP contribution in [0.3, 0.4) is 0 Å². The van der Waals surface area contributed by atoms with Gasteiger partial charge in [0, 0.05) is 6.21 Å². The van der Waals surface area contributed by atoms with Crippen LogP contribution in [-0.2, 0) is 4.79 Å². The summed E-state index contributed by atoms with van der Waals surface area (Å²) >= 11 is 0. The molecule has 0 aromatic carbocycles. The fourth-order valence-electron chi connectivity index (χ4n) is 0.641. The van der Waals surface area contributed by atoms with Crippen molar-refractivity contribution in [2.75, 3.05) is 6.61 Å². The second-order valence-corrected chi connectivity index (χ2v) is 2.81. The number of carbonyl (C=O) groups is 1. The van der Waals surface area contributed by atoms with Gasteiger partial charge in [0.25, 0.3) is 0 Å². The normalized spacial score (nSPS) is 18.4. The summed E-state index contributed by atoms with van der Waals surface area (Å²) in [7, 11) is 0. The second-order valence-electron chi connectivity index (χ2n) is 2.81. The van der Waals surface area contributed by atoms with Crippen molar-refractivity contribution < 1.29 is 38.4 Å². The van der Waals surface area contributed by atoms with Gasteiger partial charge >= 0.3 is 12.1 Å². The molecule has 0 aliphatic rings. The molecule has 0 heterocycles. The lowest BCUT2D eigenvalue weighted by Gasteiger charge is -2.17. The van der Waals surface area contributed by atoms with E-state index in [9.17, 15) is 18.0 Å². The van der Waals surface area contributed by atoms with Crippen molar-refractivity contribution in [1.82, 2.24) is 0 Å². The molecule has 0 aliphatic carbocycles. The quantitative estimate of drug-likeness (QED) is 0.438. The van der Waals surface area contributed by atoms with E-state index < -0.39 is 37.0 Å². The van der Waals surface area contributed by atoms with Crippen LogP contribution in [0.5, 0.6) is 0 Å². The zero-order valence-electron chi connectivity index (χ0n) is 7.79. The van der Waals surface area contributed by atoms with E-state index in [1.165, 1.54) is 0 Å². The van der Waals surface area contributed by atoms with Crippen LogP contribution in [-0.4, -0.2) is 63.6 Å². The van der Waals surface area contributed by atoms with Crippen molar-refractivity contribution >= 4 is 12.1 Å². The lowest BCUT2D eigenvalue weighted by Crippen LogP contribution is -2.40. The maximum absolute atomic E-state index is 11.6. The molecule has 3 atom stereocenters. The van der Waals surface area contributed by atoms with Crippen molar-refractivity contribution in [2.24, 2.45) is 4.99 Å². The molecule has 0 bridgehead atoms. The Morgan fingerprint density at radius 1 is 1.31 bits per heavy atom. The molecule has 4 N–H and O–H groups in total. The topological polar surface area (TPSA) is 110 Å². The van der Waals surface area contributed by atoms with Gasteiger partial charge in [-0.1, -0.05) is 0 Å². The number of aliphatic imine (C=N–C) groups is 1. The molecule has 0 aromatic heterocycles. The molecular weight excluding hydrogens is 235 g/mol. The maximum Gasteiger partial charge on any atom is 0.473 e. The SMILES string of the molecule is O=C(N=C[C@@H](O)[C@H](O)[C@H](O)CO)C(F)(F)F. The molecule has 0 aromatic rings. The fourth-order valence-corrected chi connectivity index (χ4v) is 0.641. The van der Waals surface area contributed by atoms with E-state index in [-0.39, 0.29) is 6.21 Å². The van der Waals surface area contributed by atoms with E-state index >= 15 is 0 Å². The number of nitrogens with zero attached hydrogens (tertiary/aromatic N) is 1. The van der Waals surface area contributed by atoms with Crippen LogP contribution in [0.2, 0.25) is 0 Å². The Bertz CT molecular complexity index is 267. The molecule has 9 heteroatoms. The van der Waals surface area contributed by atoms with Gasteiger partial charge in [0.2, 0.25) is 0 Å². The van der Waals surface area contributed by atoms with Crippen LogP contribution in [0.1, 0.15) is 0 Å². The lowest BCUT2D eigenvalue weighted by atomic mass is 10.1. The molecule has 0 saturated carbocycles. The van der Waals surface area contributed by atoms with Gasteiger partial charge in [-0.3, -0.25) is 4.79 Å². The number of aliphatic hydroxyl groups is 4. The predicted octanol–water partition coefficient (Wildman–Crippen LogP) is -1.78. The molecule has 1 amide bonds. The number of halogens is 3. The van der Waals surface area contributed by atoms with Crippen molar-refractivity contribution in [3.63, 3.8) is 0 Å². The van der Waals surface area contributed by atoms with Crippen LogP contribution in [0.25, 0.3) is 0 Å². The summed E-state index contributed by atoms with van der Waals surface area (Å²) in [5.74, 6) is -2.45. The maximum atomic E-state index is 11.6. The van der Waals surface area contributed by atoms with Crippen LogP contribution < -0.4 is 0 Å². The Morgan fingerprint density at radius 3 is 2.19 bits per heavy atom. The molecule has 0 aliphatic heterocycles. The largest absolute Gasteiger partial charge is 0.473 e. The average Bonchev–Trinajstić information content (AvgIpc) is 2.21. The summed E-state index contributed by atoms with van der Waals surface area (Å²) in [6.45, 7) is -0.903. The first-order valence-corrected chi connectivity index (χ1v) is 4.00. The van der Waals surface area contributed by atoms with Gasteiger partial charge in [0.1, 0.15) is 18.3 Å². The minimum atomic E-state index is -5.17. The van der Waals surface area contributed by atoms with Crippen molar-refractivity contribution in [3.05, 3.63) is 0 Å². The molecule has 0 radical (unpaired) electrons. The van der Waals surface area contributed by atoms with Gasteiger partial charge in [0.05, 0.1) is 6.61 Å². The van der Waals surface area contributed by atoms with Gasteiger partial charge in [-0.15, -0.1) is 0 Å².